The predicted octanol–water partition coefficient (Wildman–Crippen LogP) is 5.02. The summed E-state index contributed by atoms with van der Waals surface area (Å²) >= 11 is 0. The summed E-state index contributed by atoms with van der Waals surface area (Å²) in [6.45, 7) is 1.35. The Hall–Kier alpha value is -4.39. The number of carbonyl (C=O) groups is 2. The summed E-state index contributed by atoms with van der Waals surface area (Å²) in [6, 6.07) is 21.9. The van der Waals surface area contributed by atoms with Gasteiger partial charge in [-0.2, -0.15) is 5.10 Å². The molecule has 1 atom stereocenters. The van der Waals surface area contributed by atoms with E-state index >= 15 is 0 Å². The third kappa shape index (κ3) is 5.41. The summed E-state index contributed by atoms with van der Waals surface area (Å²) in [5.41, 5.74) is 3.05. The van der Waals surface area contributed by atoms with E-state index in [1.807, 2.05) is 54.6 Å². The summed E-state index contributed by atoms with van der Waals surface area (Å²) < 4.78 is 16.2. The number of esters is 1. The molecule has 1 aliphatic rings. The van der Waals surface area contributed by atoms with Crippen molar-refractivity contribution < 1.29 is 23.8 Å². The number of benzene rings is 3. The number of hydrazone groups is 1. The second kappa shape index (κ2) is 10.7. The van der Waals surface area contributed by atoms with Crippen LogP contribution in [-0.2, 0) is 9.59 Å². The van der Waals surface area contributed by atoms with E-state index in [1.54, 1.807) is 38.5 Å². The maximum Gasteiger partial charge on any atom is 0.308 e. The summed E-state index contributed by atoms with van der Waals surface area (Å²) in [6.07, 6.45) is 3.69. The van der Waals surface area contributed by atoms with Crippen LogP contribution in [0.2, 0.25) is 0 Å². The van der Waals surface area contributed by atoms with E-state index in [9.17, 15) is 9.59 Å². The van der Waals surface area contributed by atoms with Gasteiger partial charge in [-0.15, -0.1) is 0 Å². The van der Waals surface area contributed by atoms with Gasteiger partial charge in [0.2, 0.25) is 0 Å². The lowest BCUT2D eigenvalue weighted by atomic mass is 9.97. The molecule has 4 rings (SSSR count). The van der Waals surface area contributed by atoms with Gasteiger partial charge in [-0.1, -0.05) is 48.5 Å². The van der Waals surface area contributed by atoms with Crippen molar-refractivity contribution in [3.05, 3.63) is 95.6 Å². The fraction of sp³-hybridized carbons (Fsp3) is 0.179. The second-order valence-electron chi connectivity index (χ2n) is 7.90. The van der Waals surface area contributed by atoms with Crippen LogP contribution in [0, 0.1) is 0 Å². The van der Waals surface area contributed by atoms with Gasteiger partial charge in [0.15, 0.2) is 11.5 Å². The van der Waals surface area contributed by atoms with Crippen LogP contribution in [0.5, 0.6) is 17.2 Å². The number of nitrogens with zero attached hydrogens (tertiary/aromatic N) is 2. The average molecular weight is 471 g/mol. The highest BCUT2D eigenvalue weighted by atomic mass is 16.5. The molecular formula is C28H26N2O5. The highest BCUT2D eigenvalue weighted by Crippen LogP contribution is 2.38. The first kappa shape index (κ1) is 23.8. The van der Waals surface area contributed by atoms with Crippen molar-refractivity contribution in [2.45, 2.75) is 19.4 Å². The first-order valence-electron chi connectivity index (χ1n) is 11.1. The third-order valence-electron chi connectivity index (χ3n) is 5.60. The first-order chi connectivity index (χ1) is 17.0. The summed E-state index contributed by atoms with van der Waals surface area (Å²) in [5, 5.41) is 6.14. The van der Waals surface area contributed by atoms with Crippen molar-refractivity contribution in [1.82, 2.24) is 5.01 Å². The van der Waals surface area contributed by atoms with Crippen LogP contribution in [0.4, 0.5) is 0 Å². The minimum absolute atomic E-state index is 0.270. The minimum atomic E-state index is -0.425. The maximum atomic E-state index is 13.3. The molecule has 0 fully saturated rings. The molecule has 0 aliphatic carbocycles. The molecule has 7 nitrogen and oxygen atoms in total. The molecule has 0 saturated carbocycles. The third-order valence-corrected chi connectivity index (χ3v) is 5.60. The van der Waals surface area contributed by atoms with Crippen molar-refractivity contribution in [1.29, 1.82) is 0 Å². The molecule has 35 heavy (non-hydrogen) atoms. The molecule has 3 aromatic carbocycles. The fourth-order valence-electron chi connectivity index (χ4n) is 3.95. The topological polar surface area (TPSA) is 77.4 Å². The second-order valence-corrected chi connectivity index (χ2v) is 7.90. The van der Waals surface area contributed by atoms with Crippen LogP contribution in [0.1, 0.15) is 36.1 Å². The first-order valence-corrected chi connectivity index (χ1v) is 11.1. The van der Waals surface area contributed by atoms with Crippen molar-refractivity contribution in [2.75, 3.05) is 14.2 Å². The molecule has 7 heteroatoms. The molecule has 0 unspecified atom stereocenters. The van der Waals surface area contributed by atoms with Gasteiger partial charge >= 0.3 is 5.97 Å². The highest BCUT2D eigenvalue weighted by molar-refractivity contribution is 6.06. The molecule has 1 aliphatic heterocycles. The van der Waals surface area contributed by atoms with E-state index in [2.05, 4.69) is 5.10 Å². The van der Waals surface area contributed by atoms with Crippen molar-refractivity contribution in [2.24, 2.45) is 5.10 Å². The molecule has 0 bridgehead atoms. The SMILES string of the molecule is COc1ccc([C@H]2CC(c3ccccc3OC(C)=O)=NN2C(=O)/C=C/c2ccccc2)cc1OC. The molecular weight excluding hydrogens is 444 g/mol. The van der Waals surface area contributed by atoms with Gasteiger partial charge in [0, 0.05) is 25.0 Å². The smallest absolute Gasteiger partial charge is 0.308 e. The number of hydrogen-bond acceptors (Lipinski definition) is 6. The van der Waals surface area contributed by atoms with Crippen LogP contribution < -0.4 is 14.2 Å². The van der Waals surface area contributed by atoms with Gasteiger partial charge in [0.25, 0.3) is 5.91 Å². The molecule has 0 saturated heterocycles. The Labute approximate surface area is 204 Å². The quantitative estimate of drug-likeness (QED) is 0.275. The predicted molar refractivity (Wildman–Crippen MR) is 134 cm³/mol. The Morgan fingerprint density at radius 1 is 0.914 bits per heavy atom. The zero-order valence-corrected chi connectivity index (χ0v) is 19.8. The minimum Gasteiger partial charge on any atom is -0.493 e. The number of carbonyl (C=O) groups excluding carboxylic acids is 2. The van der Waals surface area contributed by atoms with Crippen LogP contribution in [0.3, 0.4) is 0 Å². The zero-order valence-electron chi connectivity index (χ0n) is 19.8. The van der Waals surface area contributed by atoms with Crippen LogP contribution in [0.15, 0.2) is 84.0 Å². The Bertz CT molecular complexity index is 1280. The van der Waals surface area contributed by atoms with Gasteiger partial charge in [-0.05, 0) is 41.5 Å². The van der Waals surface area contributed by atoms with Crippen molar-refractivity contribution >= 4 is 23.7 Å². The molecule has 0 N–H and O–H groups in total. The molecule has 3 aromatic rings. The van der Waals surface area contributed by atoms with Crippen molar-refractivity contribution in [3.63, 3.8) is 0 Å². The number of para-hydroxylation sites is 1. The molecule has 0 radical (unpaired) electrons. The lowest BCUT2D eigenvalue weighted by Crippen LogP contribution is -2.25. The summed E-state index contributed by atoms with van der Waals surface area (Å²) in [4.78, 5) is 24.9. The Kier molecular flexibility index (Phi) is 7.26. The number of methoxy groups -OCH3 is 2. The van der Waals surface area contributed by atoms with Crippen LogP contribution in [-0.4, -0.2) is 36.8 Å². The maximum absolute atomic E-state index is 13.3. The standard InChI is InChI=1S/C28H26N2O5/c1-19(31)35-25-12-8-7-11-22(25)23-18-24(21-14-15-26(33-2)27(17-21)34-3)30(29-23)28(32)16-13-20-9-5-4-6-10-20/h4-17,24H,18H2,1-3H3/b16-13+/t24-/m1/s1. The monoisotopic (exact) mass is 470 g/mol. The molecule has 0 spiro atoms. The lowest BCUT2D eigenvalue weighted by Gasteiger charge is -2.21. The van der Waals surface area contributed by atoms with E-state index in [0.717, 1.165) is 11.1 Å². The van der Waals surface area contributed by atoms with Crippen LogP contribution >= 0.6 is 0 Å². The van der Waals surface area contributed by atoms with E-state index in [0.29, 0.717) is 34.9 Å². The van der Waals surface area contributed by atoms with Gasteiger partial charge in [0.1, 0.15) is 5.75 Å². The number of ether oxygens (including phenoxy) is 3. The van der Waals surface area contributed by atoms with E-state index in [-0.39, 0.29) is 11.9 Å². The number of rotatable bonds is 7. The lowest BCUT2D eigenvalue weighted by molar-refractivity contribution is -0.132. The van der Waals surface area contributed by atoms with Crippen LogP contribution in [0.25, 0.3) is 6.08 Å². The van der Waals surface area contributed by atoms with Crippen molar-refractivity contribution in [3.8, 4) is 17.2 Å². The van der Waals surface area contributed by atoms with E-state index in [1.165, 1.54) is 18.0 Å². The highest BCUT2D eigenvalue weighted by Gasteiger charge is 2.34. The molecule has 1 heterocycles. The zero-order chi connectivity index (χ0) is 24.8. The number of hydrogen-bond donors (Lipinski definition) is 0. The molecule has 1 amide bonds. The van der Waals surface area contributed by atoms with Gasteiger partial charge in [-0.25, -0.2) is 5.01 Å². The van der Waals surface area contributed by atoms with Gasteiger partial charge in [0.05, 0.1) is 26.0 Å². The Morgan fingerprint density at radius 2 is 1.63 bits per heavy atom. The average Bonchev–Trinajstić information content (AvgIpc) is 3.33. The van der Waals surface area contributed by atoms with E-state index < -0.39 is 5.97 Å². The normalized spacial score (nSPS) is 15.1. The largest absolute Gasteiger partial charge is 0.493 e. The summed E-state index contributed by atoms with van der Waals surface area (Å²) in [7, 11) is 3.14. The Balaban J connectivity index is 1.72. The fourth-order valence-corrected chi connectivity index (χ4v) is 3.95. The van der Waals surface area contributed by atoms with E-state index in [4.69, 9.17) is 14.2 Å². The molecule has 178 valence electrons. The Morgan fingerprint density at radius 3 is 2.34 bits per heavy atom. The molecule has 0 aromatic heterocycles. The number of amides is 1. The van der Waals surface area contributed by atoms with Gasteiger partial charge < -0.3 is 14.2 Å². The summed E-state index contributed by atoms with van der Waals surface area (Å²) in [5.74, 6) is 0.863. The van der Waals surface area contributed by atoms with Gasteiger partial charge in [-0.3, -0.25) is 9.59 Å².